The number of imidazole rings is 1. The number of hydrogen-bond donors (Lipinski definition) is 1. The average Bonchev–Trinajstić information content (AvgIpc) is 3.08. The first kappa shape index (κ1) is 9.85. The van der Waals surface area contributed by atoms with Crippen molar-refractivity contribution in [2.45, 2.75) is 31.8 Å². The zero-order valence-electron chi connectivity index (χ0n) is 9.77. The molecule has 0 bridgehead atoms. The van der Waals surface area contributed by atoms with Gasteiger partial charge in [-0.15, -0.1) is 0 Å². The van der Waals surface area contributed by atoms with Gasteiger partial charge in [-0.05, 0) is 44.5 Å². The summed E-state index contributed by atoms with van der Waals surface area (Å²) >= 11 is 0. The van der Waals surface area contributed by atoms with Crippen LogP contribution in [-0.2, 0) is 0 Å². The van der Waals surface area contributed by atoms with Gasteiger partial charge in [0.05, 0.1) is 17.4 Å². The summed E-state index contributed by atoms with van der Waals surface area (Å²) in [5, 5.41) is 3.25. The molecule has 0 aliphatic heterocycles. The lowest BCUT2D eigenvalue weighted by Gasteiger charge is -2.10. The van der Waals surface area contributed by atoms with Crippen LogP contribution in [0.4, 0.5) is 0 Å². The fraction of sp³-hybridized carbons (Fsp3) is 0.462. The molecule has 0 radical (unpaired) electrons. The molecular weight excluding hydrogens is 198 g/mol. The van der Waals surface area contributed by atoms with Crippen LogP contribution in [0, 0.1) is 0 Å². The van der Waals surface area contributed by atoms with E-state index in [1.165, 1.54) is 23.9 Å². The molecule has 1 saturated carbocycles. The summed E-state index contributed by atoms with van der Waals surface area (Å²) in [6.07, 6.45) is 4.59. The van der Waals surface area contributed by atoms with E-state index in [0.29, 0.717) is 12.1 Å². The van der Waals surface area contributed by atoms with E-state index in [1.54, 1.807) is 0 Å². The molecule has 84 valence electrons. The number of hydrogen-bond acceptors (Lipinski definition) is 2. The van der Waals surface area contributed by atoms with E-state index in [9.17, 15) is 0 Å². The Balaban J connectivity index is 2.05. The third-order valence-corrected chi connectivity index (χ3v) is 3.47. The molecule has 3 heteroatoms. The van der Waals surface area contributed by atoms with Crippen molar-refractivity contribution in [1.29, 1.82) is 0 Å². The van der Waals surface area contributed by atoms with Gasteiger partial charge in [0.25, 0.3) is 0 Å². The van der Waals surface area contributed by atoms with Crippen LogP contribution in [0.25, 0.3) is 11.0 Å². The van der Waals surface area contributed by atoms with Crippen LogP contribution in [0.15, 0.2) is 24.5 Å². The largest absolute Gasteiger partial charge is 0.327 e. The number of nitrogens with zero attached hydrogens (tertiary/aromatic N) is 2. The number of nitrogens with one attached hydrogen (secondary N) is 1. The Labute approximate surface area is 95.5 Å². The molecule has 1 aliphatic rings. The van der Waals surface area contributed by atoms with Gasteiger partial charge in [-0.2, -0.15) is 0 Å². The van der Waals surface area contributed by atoms with Crippen molar-refractivity contribution >= 4 is 11.0 Å². The molecule has 1 aromatic heterocycles. The van der Waals surface area contributed by atoms with Crippen LogP contribution in [0.2, 0.25) is 0 Å². The molecule has 1 fully saturated rings. The first-order valence-electron chi connectivity index (χ1n) is 5.93. The molecule has 16 heavy (non-hydrogen) atoms. The Morgan fingerprint density at radius 3 is 2.94 bits per heavy atom. The normalized spacial score (nSPS) is 17.9. The van der Waals surface area contributed by atoms with E-state index in [2.05, 4.69) is 40.0 Å². The molecule has 1 unspecified atom stereocenters. The third-order valence-electron chi connectivity index (χ3n) is 3.47. The molecule has 0 saturated heterocycles. The molecule has 0 spiro atoms. The number of aromatic nitrogens is 2. The van der Waals surface area contributed by atoms with Crippen LogP contribution in [0.3, 0.4) is 0 Å². The molecule has 3 nitrogen and oxygen atoms in total. The van der Waals surface area contributed by atoms with Gasteiger partial charge < -0.3 is 9.88 Å². The SMILES string of the molecule is CNC(C)c1ccc2c(c1)ncn2C1CC1. The zero-order valence-corrected chi connectivity index (χ0v) is 9.77. The number of benzene rings is 1. The van der Waals surface area contributed by atoms with Gasteiger partial charge in [-0.1, -0.05) is 6.07 Å². The van der Waals surface area contributed by atoms with Crippen molar-refractivity contribution < 1.29 is 0 Å². The Bertz CT molecular complexity index is 511. The van der Waals surface area contributed by atoms with Gasteiger partial charge in [0.2, 0.25) is 0 Å². The van der Waals surface area contributed by atoms with Crippen LogP contribution in [-0.4, -0.2) is 16.6 Å². The van der Waals surface area contributed by atoms with Crippen molar-refractivity contribution in [2.75, 3.05) is 7.05 Å². The smallest absolute Gasteiger partial charge is 0.0960 e. The van der Waals surface area contributed by atoms with Crippen LogP contribution in [0.5, 0.6) is 0 Å². The summed E-state index contributed by atoms with van der Waals surface area (Å²) in [6, 6.07) is 7.68. The topological polar surface area (TPSA) is 29.9 Å². The van der Waals surface area contributed by atoms with E-state index in [1.807, 2.05) is 13.4 Å². The lowest BCUT2D eigenvalue weighted by atomic mass is 10.1. The van der Waals surface area contributed by atoms with Crippen molar-refractivity contribution in [3.63, 3.8) is 0 Å². The van der Waals surface area contributed by atoms with Crippen LogP contribution < -0.4 is 5.32 Å². The van der Waals surface area contributed by atoms with E-state index in [4.69, 9.17) is 0 Å². The first-order valence-corrected chi connectivity index (χ1v) is 5.93. The second-order valence-corrected chi connectivity index (χ2v) is 4.64. The highest BCUT2D eigenvalue weighted by atomic mass is 15.1. The highest BCUT2D eigenvalue weighted by Gasteiger charge is 2.24. The molecule has 1 N–H and O–H groups in total. The van der Waals surface area contributed by atoms with Crippen LogP contribution in [0.1, 0.15) is 37.4 Å². The summed E-state index contributed by atoms with van der Waals surface area (Å²) in [4.78, 5) is 4.49. The third kappa shape index (κ3) is 1.52. The Kier molecular flexibility index (Phi) is 2.21. The summed E-state index contributed by atoms with van der Waals surface area (Å²) in [5.74, 6) is 0. The fourth-order valence-corrected chi connectivity index (χ4v) is 2.13. The predicted octanol–water partition coefficient (Wildman–Crippen LogP) is 2.65. The lowest BCUT2D eigenvalue weighted by molar-refractivity contribution is 0.653. The van der Waals surface area contributed by atoms with Gasteiger partial charge >= 0.3 is 0 Å². The lowest BCUT2D eigenvalue weighted by Crippen LogP contribution is -2.11. The number of fused-ring (bicyclic) bond motifs is 1. The standard InChI is InChI=1S/C13H17N3/c1-9(14-2)10-3-6-13-12(7-10)15-8-16(13)11-4-5-11/h3,6-9,11,14H,4-5H2,1-2H3. The molecule has 1 atom stereocenters. The first-order chi connectivity index (χ1) is 7.79. The molecular formula is C13H17N3. The highest BCUT2D eigenvalue weighted by Crippen LogP contribution is 2.37. The number of rotatable bonds is 3. The maximum atomic E-state index is 4.49. The van der Waals surface area contributed by atoms with E-state index >= 15 is 0 Å². The monoisotopic (exact) mass is 215 g/mol. The van der Waals surface area contributed by atoms with Crippen molar-refractivity contribution in [3.05, 3.63) is 30.1 Å². The average molecular weight is 215 g/mol. The van der Waals surface area contributed by atoms with Gasteiger partial charge in [0, 0.05) is 12.1 Å². The summed E-state index contributed by atoms with van der Waals surface area (Å²) in [5.41, 5.74) is 3.69. The van der Waals surface area contributed by atoms with Crippen LogP contribution >= 0.6 is 0 Å². The van der Waals surface area contributed by atoms with Gasteiger partial charge in [0.15, 0.2) is 0 Å². The van der Waals surface area contributed by atoms with Gasteiger partial charge in [-0.3, -0.25) is 0 Å². The quantitative estimate of drug-likeness (QED) is 0.853. The van der Waals surface area contributed by atoms with Gasteiger partial charge in [0.1, 0.15) is 0 Å². The molecule has 2 aromatic rings. The highest BCUT2D eigenvalue weighted by molar-refractivity contribution is 5.76. The fourth-order valence-electron chi connectivity index (χ4n) is 2.13. The predicted molar refractivity (Wildman–Crippen MR) is 65.5 cm³/mol. The van der Waals surface area contributed by atoms with Gasteiger partial charge in [-0.25, -0.2) is 4.98 Å². The molecule has 1 heterocycles. The van der Waals surface area contributed by atoms with E-state index < -0.39 is 0 Å². The molecule has 0 amide bonds. The summed E-state index contributed by atoms with van der Waals surface area (Å²) < 4.78 is 2.31. The second-order valence-electron chi connectivity index (χ2n) is 4.64. The maximum Gasteiger partial charge on any atom is 0.0960 e. The summed E-state index contributed by atoms with van der Waals surface area (Å²) in [7, 11) is 1.98. The molecule has 1 aromatic carbocycles. The maximum absolute atomic E-state index is 4.49. The zero-order chi connectivity index (χ0) is 11.1. The van der Waals surface area contributed by atoms with E-state index in [0.717, 1.165) is 5.52 Å². The Hall–Kier alpha value is -1.35. The second kappa shape index (κ2) is 3.59. The van der Waals surface area contributed by atoms with Crippen molar-refractivity contribution in [3.8, 4) is 0 Å². The van der Waals surface area contributed by atoms with E-state index in [-0.39, 0.29) is 0 Å². The van der Waals surface area contributed by atoms with Crippen molar-refractivity contribution in [2.24, 2.45) is 0 Å². The Morgan fingerprint density at radius 1 is 1.44 bits per heavy atom. The minimum atomic E-state index is 0.385. The Morgan fingerprint density at radius 2 is 2.25 bits per heavy atom. The van der Waals surface area contributed by atoms with Crippen molar-refractivity contribution in [1.82, 2.24) is 14.9 Å². The minimum Gasteiger partial charge on any atom is -0.327 e. The molecule has 3 rings (SSSR count). The minimum absolute atomic E-state index is 0.385. The summed E-state index contributed by atoms with van der Waals surface area (Å²) in [6.45, 7) is 2.17. The molecule has 1 aliphatic carbocycles.